The molecule has 0 spiro atoms. The van der Waals surface area contributed by atoms with Gasteiger partial charge >= 0.3 is 12.1 Å². The second kappa shape index (κ2) is 17.5. The third-order valence-electron chi connectivity index (χ3n) is 9.87. The van der Waals surface area contributed by atoms with Crippen molar-refractivity contribution in [3.8, 4) is 0 Å². The fourth-order valence-corrected chi connectivity index (χ4v) is 7.20. The molecule has 2 aliphatic heterocycles. The van der Waals surface area contributed by atoms with Gasteiger partial charge in [-0.2, -0.15) is 0 Å². The minimum atomic E-state index is -1.46. The largest absolute Gasteiger partial charge is 0.625 e. The number of likely N-dealkylation sites (tertiary alicyclic amines) is 1. The molecule has 0 aliphatic carbocycles. The van der Waals surface area contributed by atoms with E-state index < -0.39 is 36.0 Å². The van der Waals surface area contributed by atoms with Crippen LogP contribution >= 0.6 is 0 Å². The molecule has 0 unspecified atom stereocenters. The summed E-state index contributed by atoms with van der Waals surface area (Å²) < 4.78 is 5.02. The van der Waals surface area contributed by atoms with E-state index in [-0.39, 0.29) is 42.0 Å². The number of benzene rings is 5. The number of nitrogens with zero attached hydrogens (tertiary/aromatic N) is 4. The fraction of sp³-hybridized carbons (Fsp3) is 0.233. The number of imide groups is 1. The Morgan fingerprint density at radius 1 is 0.833 bits per heavy atom. The zero-order chi connectivity index (χ0) is 36.7. The molecule has 5 aromatic rings. The molecule has 0 radical (unpaired) electrons. The van der Waals surface area contributed by atoms with E-state index >= 15 is 0 Å². The fourth-order valence-electron chi connectivity index (χ4n) is 7.20. The number of carboxylic acids is 1. The number of ether oxygens (including phenoxy) is 1. The number of carboxylic acid groups (broad SMARTS) is 1. The van der Waals surface area contributed by atoms with E-state index in [2.05, 4.69) is 10.2 Å². The number of fused-ring (bicyclic) bond motifs is 1. The number of amides is 3. The second-order valence-electron chi connectivity index (χ2n) is 13.3. The van der Waals surface area contributed by atoms with E-state index in [4.69, 9.17) is 9.73 Å². The third-order valence-corrected chi connectivity index (χ3v) is 9.87. The zero-order valence-electron chi connectivity index (χ0n) is 29.4. The van der Waals surface area contributed by atoms with E-state index in [1.165, 1.54) is 0 Å². The van der Waals surface area contributed by atoms with Crippen LogP contribution in [-0.2, 0) is 42.2 Å². The summed E-state index contributed by atoms with van der Waals surface area (Å²) in [4.78, 5) is 61.4. The molecular weight excluding hydrogens is 727 g/mol. The number of cyclic esters (lactones) is 1. The van der Waals surface area contributed by atoms with Crippen molar-refractivity contribution in [2.45, 2.75) is 43.8 Å². The Morgan fingerprint density at radius 3 is 2.24 bits per heavy atom. The zero-order valence-corrected chi connectivity index (χ0v) is 30.4. The topological polar surface area (TPSA) is 131 Å². The molecule has 1 N–H and O–H groups in total. The van der Waals surface area contributed by atoms with Crippen LogP contribution in [0.5, 0.6) is 0 Å². The van der Waals surface area contributed by atoms with Gasteiger partial charge < -0.3 is 20.0 Å². The number of carbonyl (C=O) groups is 4. The van der Waals surface area contributed by atoms with Gasteiger partial charge in [-0.15, -0.1) is 5.69 Å². The second-order valence-corrected chi connectivity index (χ2v) is 13.3. The maximum absolute atomic E-state index is 13.9. The molecule has 0 bridgehead atoms. The molecule has 7 rings (SSSR count). The summed E-state index contributed by atoms with van der Waals surface area (Å²) in [6, 6.07) is 37.7. The van der Waals surface area contributed by atoms with Crippen molar-refractivity contribution in [2.24, 2.45) is 4.99 Å². The van der Waals surface area contributed by atoms with Crippen molar-refractivity contribution in [3.05, 3.63) is 155 Å². The van der Waals surface area contributed by atoms with Gasteiger partial charge in [0.2, 0.25) is 5.91 Å². The predicted octanol–water partition coefficient (Wildman–Crippen LogP) is 7.48. The summed E-state index contributed by atoms with van der Waals surface area (Å²) in [5.74, 6) is -3.04. The summed E-state index contributed by atoms with van der Waals surface area (Å²) in [6.07, 6.45) is 0.503. The predicted molar refractivity (Wildman–Crippen MR) is 202 cm³/mol. The van der Waals surface area contributed by atoms with Gasteiger partial charge in [0.05, 0.1) is 24.2 Å². The number of carbonyl (C=O) groups excluding carboxylic acids is 3. The third kappa shape index (κ3) is 8.59. The van der Waals surface area contributed by atoms with Gasteiger partial charge in [-0.05, 0) is 46.8 Å². The average Bonchev–Trinajstić information content (AvgIpc) is 3.84. The molecule has 11 heteroatoms. The molecule has 2 saturated heterocycles. The van der Waals surface area contributed by atoms with Crippen LogP contribution in [0.25, 0.3) is 16.1 Å². The number of aliphatic imine (C=N–C) groups is 1. The smallest absolute Gasteiger partial charge is 0.416 e. The maximum atomic E-state index is 13.9. The van der Waals surface area contributed by atoms with E-state index in [0.29, 0.717) is 41.1 Å². The van der Waals surface area contributed by atoms with Gasteiger partial charge in [0.15, 0.2) is 6.04 Å². The molecule has 10 nitrogen and oxygen atoms in total. The van der Waals surface area contributed by atoms with Gasteiger partial charge in [-0.1, -0.05) is 127 Å². The molecule has 3 atom stereocenters. The van der Waals surface area contributed by atoms with Crippen LogP contribution < -0.4 is 0 Å². The molecule has 0 aromatic heterocycles. The minimum Gasteiger partial charge on any atom is -0.625 e. The first-order valence-electron chi connectivity index (χ1n) is 17.8. The van der Waals surface area contributed by atoms with Crippen LogP contribution in [-0.4, -0.2) is 76.3 Å². The Kier molecular flexibility index (Phi) is 12.3. The first kappa shape index (κ1) is 38.1. The van der Waals surface area contributed by atoms with Crippen LogP contribution in [0.1, 0.15) is 47.4 Å². The van der Waals surface area contributed by atoms with Crippen LogP contribution in [0.4, 0.5) is 10.5 Å². The van der Waals surface area contributed by atoms with E-state index in [0.717, 1.165) is 34.2 Å². The van der Waals surface area contributed by atoms with Crippen LogP contribution in [0.3, 0.4) is 0 Å². The maximum Gasteiger partial charge on any atom is 0.416 e. The van der Waals surface area contributed by atoms with Crippen molar-refractivity contribution in [3.63, 3.8) is 0 Å². The molecule has 2 fully saturated rings. The summed E-state index contributed by atoms with van der Waals surface area (Å²) in [5, 5.41) is 17.4. The first-order valence-corrected chi connectivity index (χ1v) is 17.8. The SMILES string of the molecule is O=C(O)[C@H](N=C(c1ccccc1)c1ccccc1[N-]C(=O)[C@@H]1CCCN1Cc1ccccc1)[C@@H](CC(=O)N1CCOC1=O)c1ccc2ccccc2c1.[Ni]. The van der Waals surface area contributed by atoms with Gasteiger partial charge in [0.1, 0.15) is 6.61 Å². The summed E-state index contributed by atoms with van der Waals surface area (Å²) in [6.45, 7) is 1.58. The number of hydrogen-bond donors (Lipinski definition) is 1. The van der Waals surface area contributed by atoms with E-state index in [9.17, 15) is 24.3 Å². The van der Waals surface area contributed by atoms with Crippen LogP contribution in [0, 0.1) is 0 Å². The molecule has 0 saturated carbocycles. The summed E-state index contributed by atoms with van der Waals surface area (Å²) in [5.41, 5.74) is 3.49. The number of rotatable bonds is 12. The van der Waals surface area contributed by atoms with Crippen molar-refractivity contribution in [1.82, 2.24) is 9.80 Å². The summed E-state index contributed by atoms with van der Waals surface area (Å²) in [7, 11) is 0. The van der Waals surface area contributed by atoms with Crippen molar-refractivity contribution >= 4 is 46.0 Å². The van der Waals surface area contributed by atoms with Crippen molar-refractivity contribution in [2.75, 3.05) is 19.7 Å². The van der Waals surface area contributed by atoms with Crippen LogP contribution in [0.2, 0.25) is 0 Å². The van der Waals surface area contributed by atoms with Gasteiger partial charge in [-0.3, -0.25) is 14.7 Å². The Labute approximate surface area is 323 Å². The van der Waals surface area contributed by atoms with E-state index in [1.54, 1.807) is 30.3 Å². The van der Waals surface area contributed by atoms with Gasteiger partial charge in [0, 0.05) is 40.9 Å². The molecule has 278 valence electrons. The van der Waals surface area contributed by atoms with Gasteiger partial charge in [0.25, 0.3) is 0 Å². The quantitative estimate of drug-likeness (QED) is 0.103. The standard InChI is InChI=1S/C43H40N4O6.Ni/c48-38(47-24-25-53-43(47)52)27-35(33-22-21-30-14-7-8-17-32(30)26-33)40(42(50)51)45-39(31-15-5-2-6-16-31)34-18-9-10-19-36(34)44-41(49)37-20-11-23-46(37)28-29-12-3-1-4-13-29;/h1-10,12-19,21-22,26,35,37,40H,11,20,23-25,27-28H2,(H2,44,45,49,50,51);/p-1/t35-,37-,40+;/m0./s1. The summed E-state index contributed by atoms with van der Waals surface area (Å²) >= 11 is 0. The number of hydrogen-bond acceptors (Lipinski definition) is 7. The molecule has 2 aliphatic rings. The first-order chi connectivity index (χ1) is 25.9. The monoisotopic (exact) mass is 765 g/mol. The Hall–Kier alpha value is -5.64. The van der Waals surface area contributed by atoms with E-state index in [1.807, 2.05) is 97.1 Å². The Bertz CT molecular complexity index is 2160. The molecule has 2 heterocycles. The minimum absolute atomic E-state index is 0. The van der Waals surface area contributed by atoms with Crippen molar-refractivity contribution < 1.29 is 45.5 Å². The molecular formula is C43H39N4NiO6-. The van der Waals surface area contributed by atoms with Crippen LogP contribution in [0.15, 0.2) is 132 Å². The number of para-hydroxylation sites is 1. The normalized spacial score (nSPS) is 17.0. The van der Waals surface area contributed by atoms with Gasteiger partial charge in [-0.25, -0.2) is 14.5 Å². The molecule has 54 heavy (non-hydrogen) atoms. The Balaban J connectivity index is 0.00000497. The molecule has 5 aromatic carbocycles. The molecule has 3 amide bonds. The number of aliphatic carboxylic acids is 1. The Morgan fingerprint density at radius 2 is 1.52 bits per heavy atom. The van der Waals surface area contributed by atoms with Crippen molar-refractivity contribution in [1.29, 1.82) is 0 Å². The average molecular weight is 767 g/mol.